The molecule has 0 bridgehead atoms. The average molecular weight is 489 g/mol. The van der Waals surface area contributed by atoms with Gasteiger partial charge in [-0.15, -0.1) is 0 Å². The van der Waals surface area contributed by atoms with Gasteiger partial charge in [0, 0.05) is 10.8 Å². The minimum Gasteiger partial charge on any atom is -0.0955 e. The van der Waals surface area contributed by atoms with Crippen molar-refractivity contribution in [2.45, 2.75) is 74.7 Å². The monoisotopic (exact) mass is 488 g/mol. The van der Waals surface area contributed by atoms with Crippen LogP contribution in [0.15, 0.2) is 95.6 Å². The summed E-state index contributed by atoms with van der Waals surface area (Å²) in [6.45, 7) is 35.6. The Morgan fingerprint density at radius 2 is 1.54 bits per heavy atom. The first-order valence-electron chi connectivity index (χ1n) is 13.9. The van der Waals surface area contributed by atoms with E-state index in [1.165, 1.54) is 61.3 Å². The highest BCUT2D eigenvalue weighted by molar-refractivity contribution is 5.91. The zero-order chi connectivity index (χ0) is 27.2. The number of allylic oxidation sites excluding steroid dienone is 7. The third-order valence-corrected chi connectivity index (χ3v) is 11.5. The molecule has 0 heteroatoms. The van der Waals surface area contributed by atoms with Crippen LogP contribution in [0.1, 0.15) is 84.4 Å². The van der Waals surface area contributed by atoms with E-state index >= 15 is 0 Å². The van der Waals surface area contributed by atoms with Gasteiger partial charge in [0.25, 0.3) is 0 Å². The molecule has 5 rings (SSSR count). The van der Waals surface area contributed by atoms with Gasteiger partial charge in [-0.3, -0.25) is 0 Å². The average Bonchev–Trinajstić information content (AvgIpc) is 2.84. The van der Waals surface area contributed by atoms with Crippen molar-refractivity contribution in [1.29, 1.82) is 0 Å². The first-order chi connectivity index (χ1) is 17.2. The van der Waals surface area contributed by atoms with Crippen LogP contribution in [0, 0.1) is 29.1 Å². The van der Waals surface area contributed by atoms with E-state index in [2.05, 4.69) is 111 Å². The van der Waals surface area contributed by atoms with Crippen molar-refractivity contribution >= 4 is 5.57 Å². The molecule has 0 fully saturated rings. The third kappa shape index (κ3) is 2.96. The van der Waals surface area contributed by atoms with Gasteiger partial charge in [-0.1, -0.05) is 114 Å². The van der Waals surface area contributed by atoms with Gasteiger partial charge in [0.1, 0.15) is 0 Å². The highest BCUT2D eigenvalue weighted by atomic mass is 14.7. The maximum Gasteiger partial charge on any atom is 0.0196 e. The molecule has 2 aromatic carbocycles. The van der Waals surface area contributed by atoms with Crippen LogP contribution in [0.3, 0.4) is 0 Å². The Balaban J connectivity index is 1.86. The first-order valence-corrected chi connectivity index (χ1v) is 13.9. The lowest BCUT2D eigenvalue weighted by atomic mass is 9.36. The van der Waals surface area contributed by atoms with Crippen LogP contribution in [0.2, 0.25) is 0 Å². The van der Waals surface area contributed by atoms with Crippen molar-refractivity contribution in [3.8, 4) is 11.1 Å². The maximum absolute atomic E-state index is 4.87. The zero-order valence-corrected chi connectivity index (χ0v) is 24.5. The lowest BCUT2D eigenvalue weighted by Crippen LogP contribution is -2.58. The summed E-state index contributed by atoms with van der Waals surface area (Å²) in [6, 6.07) is 15.5. The lowest BCUT2D eigenvalue weighted by Gasteiger charge is -2.67. The Morgan fingerprint density at radius 3 is 2.14 bits per heavy atom. The Kier molecular flexibility index (Phi) is 5.62. The number of fused-ring (bicyclic) bond motifs is 3. The highest BCUT2D eigenvalue weighted by Crippen LogP contribution is 2.74. The van der Waals surface area contributed by atoms with Crippen LogP contribution in [0.25, 0.3) is 16.7 Å². The van der Waals surface area contributed by atoms with Gasteiger partial charge in [-0.05, 0) is 101 Å². The molecule has 37 heavy (non-hydrogen) atoms. The van der Waals surface area contributed by atoms with Gasteiger partial charge in [0.05, 0.1) is 0 Å². The highest BCUT2D eigenvalue weighted by Gasteiger charge is 2.65. The van der Waals surface area contributed by atoms with Crippen molar-refractivity contribution < 1.29 is 0 Å². The third-order valence-electron chi connectivity index (χ3n) is 11.5. The van der Waals surface area contributed by atoms with E-state index in [1.807, 2.05) is 0 Å². The Morgan fingerprint density at radius 1 is 0.919 bits per heavy atom. The predicted molar refractivity (Wildman–Crippen MR) is 162 cm³/mol. The molecule has 3 aliphatic rings. The van der Waals surface area contributed by atoms with Gasteiger partial charge in [0.15, 0.2) is 0 Å². The molecule has 0 nitrogen and oxygen atoms in total. The topological polar surface area (TPSA) is 0 Å². The molecule has 192 valence electrons. The number of aryl methyl sites for hydroxylation is 1. The molecule has 5 atom stereocenters. The molecule has 0 aromatic heterocycles. The molecule has 0 amide bonds. The minimum atomic E-state index is -0.153. The molecule has 0 saturated heterocycles. The van der Waals surface area contributed by atoms with E-state index in [1.54, 1.807) is 0 Å². The predicted octanol–water partition coefficient (Wildman–Crippen LogP) is 10.6. The second-order valence-corrected chi connectivity index (χ2v) is 12.9. The zero-order valence-electron chi connectivity index (χ0n) is 24.5. The summed E-state index contributed by atoms with van der Waals surface area (Å²) in [4.78, 5) is 0. The van der Waals surface area contributed by atoms with Crippen LogP contribution in [-0.2, 0) is 0 Å². The van der Waals surface area contributed by atoms with E-state index in [4.69, 9.17) is 13.2 Å². The summed E-state index contributed by atoms with van der Waals surface area (Å²) in [5.41, 5.74) is 15.9. The molecule has 0 heterocycles. The fraction of sp³-hybridized carbons (Fsp3) is 0.405. The van der Waals surface area contributed by atoms with Crippen LogP contribution in [-0.4, -0.2) is 0 Å². The maximum atomic E-state index is 4.87. The fourth-order valence-electron chi connectivity index (χ4n) is 9.08. The van der Waals surface area contributed by atoms with Crippen LogP contribution < -0.4 is 0 Å². The number of benzene rings is 2. The van der Waals surface area contributed by atoms with Gasteiger partial charge >= 0.3 is 0 Å². The summed E-state index contributed by atoms with van der Waals surface area (Å²) in [5.74, 6) is 0.774. The van der Waals surface area contributed by atoms with Crippen molar-refractivity contribution in [2.24, 2.45) is 22.2 Å². The van der Waals surface area contributed by atoms with Crippen molar-refractivity contribution in [2.75, 3.05) is 0 Å². The standard InChI is InChI=1S/C37H44/c1-21(2)31-23(4)20-35(10)28(9)36(11)25(6)33-30(29-16-14-13-15-17-29)19-18-22(3)32(33)24(5)34(36)27(8)37(35,12)26(31)7/h13-19,25,28H,1,5,7,20H2,2-4,6,8-12H3/t25-,28+,35+,36-,37-/m1/s1. The summed E-state index contributed by atoms with van der Waals surface area (Å²) < 4.78 is 0. The molecule has 0 N–H and O–H groups in total. The Hall–Kier alpha value is -2.86. The molecule has 0 radical (unpaired) electrons. The van der Waals surface area contributed by atoms with Crippen molar-refractivity contribution in [3.05, 3.63) is 112 Å². The molecule has 0 aliphatic heterocycles. The largest absolute Gasteiger partial charge is 0.0955 e. The SMILES string of the molecule is C=C(C)C1=C(C)C[C@@]2(C)[C@H](C)[C@]3(C)C(=C(C)[C@@]2(C)C1=C)C(=C)c1c(C)ccc(-c2ccccc2)c1[C@H]3C. The molecule has 3 aliphatic carbocycles. The van der Waals surface area contributed by atoms with Gasteiger partial charge in [0.2, 0.25) is 0 Å². The quantitative estimate of drug-likeness (QED) is 0.394. The van der Waals surface area contributed by atoms with Crippen LogP contribution in [0.4, 0.5) is 0 Å². The summed E-state index contributed by atoms with van der Waals surface area (Å²) >= 11 is 0. The fourth-order valence-corrected chi connectivity index (χ4v) is 9.08. The number of rotatable bonds is 2. The number of hydrogen-bond donors (Lipinski definition) is 0. The van der Waals surface area contributed by atoms with E-state index < -0.39 is 0 Å². The van der Waals surface area contributed by atoms with Gasteiger partial charge in [-0.25, -0.2) is 0 Å². The number of hydrogen-bond acceptors (Lipinski definition) is 0. The molecular formula is C37H44. The van der Waals surface area contributed by atoms with Crippen molar-refractivity contribution in [3.63, 3.8) is 0 Å². The molecule has 2 aromatic rings. The van der Waals surface area contributed by atoms with Crippen molar-refractivity contribution in [1.82, 2.24) is 0 Å². The van der Waals surface area contributed by atoms with Crippen LogP contribution in [0.5, 0.6) is 0 Å². The molecule has 0 saturated carbocycles. The smallest absolute Gasteiger partial charge is 0.0196 e. The van der Waals surface area contributed by atoms with Gasteiger partial charge < -0.3 is 0 Å². The van der Waals surface area contributed by atoms with Gasteiger partial charge in [-0.2, -0.15) is 0 Å². The summed E-state index contributed by atoms with van der Waals surface area (Å²) in [6.07, 6.45) is 1.07. The Bertz CT molecular complexity index is 1440. The van der Waals surface area contributed by atoms with E-state index in [0.29, 0.717) is 11.8 Å². The second kappa shape index (κ2) is 8.07. The normalized spacial score (nSPS) is 33.2. The molecular weight excluding hydrogens is 444 g/mol. The minimum absolute atomic E-state index is 0.0399. The molecule has 0 spiro atoms. The van der Waals surface area contributed by atoms with Crippen LogP contribution >= 0.6 is 0 Å². The summed E-state index contributed by atoms with van der Waals surface area (Å²) in [7, 11) is 0. The molecule has 0 unspecified atom stereocenters. The van der Waals surface area contributed by atoms with E-state index in [9.17, 15) is 0 Å². The second-order valence-electron chi connectivity index (χ2n) is 12.9. The lowest BCUT2D eigenvalue weighted by molar-refractivity contribution is -0.0260. The van der Waals surface area contributed by atoms with E-state index in [-0.39, 0.29) is 16.2 Å². The van der Waals surface area contributed by atoms with E-state index in [0.717, 1.165) is 12.0 Å². The first kappa shape index (κ1) is 25.8. The Labute approximate surface area is 225 Å². The summed E-state index contributed by atoms with van der Waals surface area (Å²) in [5, 5.41) is 0.